The van der Waals surface area contributed by atoms with Crippen molar-refractivity contribution >= 4 is 23.0 Å². The fraction of sp³-hybridized carbons (Fsp3) is 0.500. The summed E-state index contributed by atoms with van der Waals surface area (Å²) in [5, 5.41) is 7.87. The lowest BCUT2D eigenvalue weighted by atomic mass is 9.79. The summed E-state index contributed by atoms with van der Waals surface area (Å²) in [6.07, 6.45) is 8.48. The van der Waals surface area contributed by atoms with E-state index in [4.69, 9.17) is 18.7 Å². The Kier molecular flexibility index (Phi) is 8.90. The first-order valence-electron chi connectivity index (χ1n) is 15.1. The molecule has 2 aliphatic rings. The molecular formula is C34H42N2O6. The summed E-state index contributed by atoms with van der Waals surface area (Å²) in [5.41, 5.74) is 4.50. The monoisotopic (exact) mass is 574 g/mol. The molecule has 5 rings (SSSR count). The van der Waals surface area contributed by atoms with Crippen LogP contribution in [0.3, 0.4) is 0 Å². The minimum Gasteiger partial charge on any atom is -0.487 e. The molecule has 2 heterocycles. The van der Waals surface area contributed by atoms with E-state index in [2.05, 4.69) is 35.6 Å². The maximum absolute atomic E-state index is 12.5. The maximum Gasteiger partial charge on any atom is 0.407 e. The molecule has 42 heavy (non-hydrogen) atoms. The van der Waals surface area contributed by atoms with E-state index in [0.717, 1.165) is 53.5 Å². The predicted octanol–water partition coefficient (Wildman–Crippen LogP) is 7.02. The Morgan fingerprint density at radius 1 is 1.05 bits per heavy atom. The van der Waals surface area contributed by atoms with E-state index < -0.39 is 17.7 Å². The van der Waals surface area contributed by atoms with Gasteiger partial charge >= 0.3 is 12.1 Å². The van der Waals surface area contributed by atoms with Crippen molar-refractivity contribution in [3.63, 3.8) is 0 Å². The van der Waals surface area contributed by atoms with Gasteiger partial charge in [-0.25, -0.2) is 9.59 Å². The Labute approximate surface area is 247 Å². The van der Waals surface area contributed by atoms with E-state index in [1.165, 1.54) is 24.8 Å². The van der Waals surface area contributed by atoms with Crippen molar-refractivity contribution in [2.24, 2.45) is 5.16 Å². The highest BCUT2D eigenvalue weighted by atomic mass is 16.7. The van der Waals surface area contributed by atoms with Crippen LogP contribution in [0.4, 0.5) is 4.79 Å². The zero-order valence-corrected chi connectivity index (χ0v) is 25.2. The number of aryl methyl sites for hydroxylation is 2. The molecule has 224 valence electrons. The van der Waals surface area contributed by atoms with Crippen molar-refractivity contribution < 1.29 is 28.3 Å². The van der Waals surface area contributed by atoms with Gasteiger partial charge in [0, 0.05) is 36.4 Å². The second kappa shape index (κ2) is 12.6. The number of ether oxygens (including phenoxy) is 2. The third kappa shape index (κ3) is 7.33. The van der Waals surface area contributed by atoms with Gasteiger partial charge in [0.1, 0.15) is 22.5 Å². The number of nitrogens with one attached hydrogen (secondary N) is 1. The number of carbonyl (C=O) groups excluding carboxylic acids is 2. The van der Waals surface area contributed by atoms with E-state index >= 15 is 0 Å². The van der Waals surface area contributed by atoms with Crippen molar-refractivity contribution in [2.45, 2.75) is 103 Å². The van der Waals surface area contributed by atoms with Crippen LogP contribution in [0.25, 0.3) is 11.0 Å². The van der Waals surface area contributed by atoms with Crippen LogP contribution in [-0.2, 0) is 27.2 Å². The summed E-state index contributed by atoms with van der Waals surface area (Å²) in [5.74, 6) is 0.377. The minimum atomic E-state index is -0.580. The molecular weight excluding hydrogens is 532 g/mol. The molecule has 1 spiro atoms. The number of rotatable bonds is 7. The van der Waals surface area contributed by atoms with Crippen molar-refractivity contribution in [3.05, 3.63) is 70.3 Å². The van der Waals surface area contributed by atoms with Gasteiger partial charge in [-0.2, -0.15) is 0 Å². The van der Waals surface area contributed by atoms with Crippen LogP contribution in [0.5, 0.6) is 5.75 Å². The predicted molar refractivity (Wildman–Crippen MR) is 160 cm³/mol. The zero-order valence-electron chi connectivity index (χ0n) is 25.2. The van der Waals surface area contributed by atoms with Crippen LogP contribution >= 0.6 is 0 Å². The summed E-state index contributed by atoms with van der Waals surface area (Å²) in [6.45, 7) is 7.75. The summed E-state index contributed by atoms with van der Waals surface area (Å²) < 4.78 is 18.2. The molecule has 1 saturated carbocycles. The Morgan fingerprint density at radius 2 is 1.81 bits per heavy atom. The van der Waals surface area contributed by atoms with Crippen molar-refractivity contribution in [1.29, 1.82) is 0 Å². The first-order valence-corrected chi connectivity index (χ1v) is 15.1. The molecule has 0 saturated heterocycles. The van der Waals surface area contributed by atoms with Crippen molar-refractivity contribution in [3.8, 4) is 5.75 Å². The lowest BCUT2D eigenvalue weighted by Crippen LogP contribution is -2.41. The van der Waals surface area contributed by atoms with Crippen molar-refractivity contribution in [1.82, 2.24) is 5.32 Å². The highest BCUT2D eigenvalue weighted by molar-refractivity contribution is 5.84. The maximum atomic E-state index is 12.5. The first-order chi connectivity index (χ1) is 20.1. The summed E-state index contributed by atoms with van der Waals surface area (Å²) in [6, 6.07) is 14.3. The Hall–Kier alpha value is -3.81. The van der Waals surface area contributed by atoms with Gasteiger partial charge in [-0.3, -0.25) is 0 Å². The molecule has 8 nitrogen and oxygen atoms in total. The van der Waals surface area contributed by atoms with Crippen LogP contribution in [-0.4, -0.2) is 29.8 Å². The molecule has 1 fully saturated rings. The lowest BCUT2D eigenvalue weighted by Gasteiger charge is -2.41. The number of fused-ring (bicyclic) bond motifs is 2. The van der Waals surface area contributed by atoms with Gasteiger partial charge in [-0.05, 0) is 101 Å². The molecule has 1 N–H and O–H groups in total. The molecule has 1 aromatic heterocycles. The van der Waals surface area contributed by atoms with E-state index in [1.54, 1.807) is 20.8 Å². The molecule has 1 amide bonds. The lowest BCUT2D eigenvalue weighted by molar-refractivity contribution is -0.144. The average Bonchev–Trinajstić information content (AvgIpc) is 2.95. The van der Waals surface area contributed by atoms with Gasteiger partial charge in [-0.1, -0.05) is 36.8 Å². The van der Waals surface area contributed by atoms with E-state index in [9.17, 15) is 9.59 Å². The van der Waals surface area contributed by atoms with Crippen LogP contribution in [0, 0.1) is 6.92 Å². The fourth-order valence-corrected chi connectivity index (χ4v) is 5.91. The van der Waals surface area contributed by atoms with Gasteiger partial charge in [0.25, 0.3) is 5.55 Å². The average molecular weight is 575 g/mol. The molecule has 1 aliphatic carbocycles. The van der Waals surface area contributed by atoms with Crippen LogP contribution < -0.4 is 15.6 Å². The largest absolute Gasteiger partial charge is 0.487 e. The number of carbonyl (C=O) groups is 2. The quantitative estimate of drug-likeness (QED) is 0.185. The molecule has 0 radical (unpaired) electrons. The molecule has 8 heteroatoms. The number of hydrogen-bond donors (Lipinski definition) is 1. The molecule has 3 aromatic rings. The number of nitrogens with zero attached hydrogens (tertiary/aromatic N) is 1. The summed E-state index contributed by atoms with van der Waals surface area (Å²) in [7, 11) is 0. The highest BCUT2D eigenvalue weighted by Gasteiger charge is 2.37. The van der Waals surface area contributed by atoms with Gasteiger partial charge < -0.3 is 24.0 Å². The smallest absolute Gasteiger partial charge is 0.407 e. The minimum absolute atomic E-state index is 0.0672. The van der Waals surface area contributed by atoms with E-state index in [1.807, 2.05) is 24.3 Å². The Morgan fingerprint density at radius 3 is 2.55 bits per heavy atom. The second-order valence-electron chi connectivity index (χ2n) is 12.6. The SMILES string of the molecule is Cc1c(Cc2ccccc2)c(=NOC(=O)CCCNC(=O)OC(C)(C)C)oc2cc3c(cc12)CCC1(CCCCC1)O3. The molecule has 0 atom stereocenters. The standard InChI is InChI=1S/C34H42N2O6/c1-23-26-21-25-15-18-34(16-9-6-10-17-34)40-28(25)22-29(26)39-31(27(23)20-24-12-7-5-8-13-24)36-42-30(37)14-11-19-35-32(38)41-33(2,3)4/h5,7-8,12-13,21-22H,6,9-11,14-20H2,1-4H3,(H,35,38). The second-order valence-corrected chi connectivity index (χ2v) is 12.6. The van der Waals surface area contributed by atoms with Crippen LogP contribution in [0.1, 0.15) is 94.4 Å². The van der Waals surface area contributed by atoms with E-state index in [-0.39, 0.29) is 24.1 Å². The van der Waals surface area contributed by atoms with E-state index in [0.29, 0.717) is 18.4 Å². The Balaban J connectivity index is 1.38. The topological polar surface area (TPSA) is 99.4 Å². The third-order valence-electron chi connectivity index (χ3n) is 8.11. The first kappa shape index (κ1) is 29.7. The molecule has 0 unspecified atom stereocenters. The number of alkyl carbamates (subject to hydrolysis) is 1. The van der Waals surface area contributed by atoms with Crippen molar-refractivity contribution in [2.75, 3.05) is 6.54 Å². The number of amides is 1. The van der Waals surface area contributed by atoms with Gasteiger partial charge in [-0.15, -0.1) is 0 Å². The summed E-state index contributed by atoms with van der Waals surface area (Å²) >= 11 is 0. The van der Waals surface area contributed by atoms with Gasteiger partial charge in [0.2, 0.25) is 0 Å². The number of hydrogen-bond acceptors (Lipinski definition) is 7. The fourth-order valence-electron chi connectivity index (χ4n) is 5.91. The zero-order chi connectivity index (χ0) is 29.7. The summed E-state index contributed by atoms with van der Waals surface area (Å²) in [4.78, 5) is 29.7. The van der Waals surface area contributed by atoms with Crippen LogP contribution in [0.15, 0.2) is 52.0 Å². The Bertz CT molecular complexity index is 1500. The number of benzene rings is 2. The molecule has 1 aliphatic heterocycles. The van der Waals surface area contributed by atoms with Crippen LogP contribution in [0.2, 0.25) is 0 Å². The van der Waals surface area contributed by atoms with Gasteiger partial charge in [0.05, 0.1) is 0 Å². The third-order valence-corrected chi connectivity index (χ3v) is 8.11. The highest BCUT2D eigenvalue weighted by Crippen LogP contribution is 2.43. The normalized spacial score (nSPS) is 16.5. The molecule has 2 aromatic carbocycles. The molecule has 0 bridgehead atoms. The van der Waals surface area contributed by atoms with Gasteiger partial charge in [0.15, 0.2) is 0 Å².